The van der Waals surface area contributed by atoms with E-state index in [0.29, 0.717) is 10.9 Å². The fourth-order valence-electron chi connectivity index (χ4n) is 1.47. The number of carbonyl (C=O) groups excluding carboxylic acids is 1. The standard InChI is InChI=1S/C10H9NO3/c12-2-1-7-3-6-4-8(13)5-9(14)10(6)11-7/h2-5,11,13-14H,1H2. The van der Waals surface area contributed by atoms with Crippen LogP contribution in [0, 0.1) is 0 Å². The molecule has 0 unspecified atom stereocenters. The van der Waals surface area contributed by atoms with Crippen molar-refractivity contribution in [3.05, 3.63) is 23.9 Å². The summed E-state index contributed by atoms with van der Waals surface area (Å²) in [6, 6.07) is 4.51. The van der Waals surface area contributed by atoms with Gasteiger partial charge in [-0.1, -0.05) is 0 Å². The van der Waals surface area contributed by atoms with E-state index in [1.54, 1.807) is 6.07 Å². The summed E-state index contributed by atoms with van der Waals surface area (Å²) in [5, 5.41) is 19.4. The average molecular weight is 191 g/mol. The van der Waals surface area contributed by atoms with Gasteiger partial charge in [0.1, 0.15) is 17.8 Å². The van der Waals surface area contributed by atoms with Gasteiger partial charge in [-0.2, -0.15) is 0 Å². The molecule has 0 aliphatic carbocycles. The normalized spacial score (nSPS) is 10.6. The summed E-state index contributed by atoms with van der Waals surface area (Å²) in [5.41, 5.74) is 1.26. The molecule has 1 aromatic carbocycles. The highest BCUT2D eigenvalue weighted by Gasteiger charge is 2.06. The Labute approximate surface area is 79.8 Å². The molecule has 0 spiro atoms. The van der Waals surface area contributed by atoms with Crippen LogP contribution in [0.15, 0.2) is 18.2 Å². The molecule has 1 heterocycles. The first kappa shape index (κ1) is 8.62. The molecule has 3 N–H and O–H groups in total. The third kappa shape index (κ3) is 1.31. The molecule has 0 atom stereocenters. The SMILES string of the molecule is O=CCc1cc2cc(O)cc(O)c2[nH]1. The Morgan fingerprint density at radius 1 is 1.29 bits per heavy atom. The highest BCUT2D eigenvalue weighted by molar-refractivity contribution is 5.87. The molecule has 0 fully saturated rings. The van der Waals surface area contributed by atoms with Gasteiger partial charge in [-0.3, -0.25) is 0 Å². The second-order valence-corrected chi connectivity index (χ2v) is 3.09. The van der Waals surface area contributed by atoms with Crippen molar-refractivity contribution >= 4 is 17.2 Å². The van der Waals surface area contributed by atoms with E-state index in [1.165, 1.54) is 12.1 Å². The molecule has 0 aliphatic rings. The topological polar surface area (TPSA) is 73.3 Å². The lowest BCUT2D eigenvalue weighted by atomic mass is 10.2. The Balaban J connectivity index is 2.64. The van der Waals surface area contributed by atoms with Crippen molar-refractivity contribution in [2.24, 2.45) is 0 Å². The van der Waals surface area contributed by atoms with Crippen LogP contribution < -0.4 is 0 Å². The van der Waals surface area contributed by atoms with Gasteiger partial charge in [-0.05, 0) is 12.1 Å². The third-order valence-corrected chi connectivity index (χ3v) is 2.05. The van der Waals surface area contributed by atoms with Gasteiger partial charge in [-0.15, -0.1) is 0 Å². The summed E-state index contributed by atoms with van der Waals surface area (Å²) < 4.78 is 0. The van der Waals surface area contributed by atoms with Crippen molar-refractivity contribution in [1.29, 1.82) is 0 Å². The molecule has 2 rings (SSSR count). The number of H-pyrrole nitrogens is 1. The number of benzene rings is 1. The molecule has 0 bridgehead atoms. The van der Waals surface area contributed by atoms with Crippen LogP contribution in [-0.2, 0) is 11.2 Å². The molecular formula is C10H9NO3. The number of aldehydes is 1. The van der Waals surface area contributed by atoms with E-state index < -0.39 is 0 Å². The number of hydrogen-bond donors (Lipinski definition) is 3. The Morgan fingerprint density at radius 3 is 2.79 bits per heavy atom. The van der Waals surface area contributed by atoms with Gasteiger partial charge >= 0.3 is 0 Å². The number of aromatic amines is 1. The van der Waals surface area contributed by atoms with E-state index in [1.807, 2.05) is 0 Å². The van der Waals surface area contributed by atoms with Crippen LogP contribution in [-0.4, -0.2) is 21.5 Å². The summed E-state index contributed by atoms with van der Waals surface area (Å²) in [7, 11) is 0. The Kier molecular flexibility index (Phi) is 1.89. The Hall–Kier alpha value is -1.97. The molecule has 0 aliphatic heterocycles. The second-order valence-electron chi connectivity index (χ2n) is 3.09. The van der Waals surface area contributed by atoms with Crippen molar-refractivity contribution in [1.82, 2.24) is 4.98 Å². The molecule has 4 nitrogen and oxygen atoms in total. The first-order chi connectivity index (χ1) is 6.70. The van der Waals surface area contributed by atoms with Crippen LogP contribution in [0.5, 0.6) is 11.5 Å². The number of aromatic hydroxyl groups is 2. The average Bonchev–Trinajstić information content (AvgIpc) is 2.48. The van der Waals surface area contributed by atoms with Crippen LogP contribution in [0.3, 0.4) is 0 Å². The highest BCUT2D eigenvalue weighted by Crippen LogP contribution is 2.29. The number of aromatic nitrogens is 1. The summed E-state index contributed by atoms with van der Waals surface area (Å²) in [5.74, 6) is -0.0104. The number of fused-ring (bicyclic) bond motifs is 1. The Bertz CT molecular complexity index is 487. The monoisotopic (exact) mass is 191 g/mol. The predicted octanol–water partition coefficient (Wildman–Crippen LogP) is 1.32. The smallest absolute Gasteiger partial charge is 0.143 e. The van der Waals surface area contributed by atoms with Gasteiger partial charge < -0.3 is 20.0 Å². The van der Waals surface area contributed by atoms with Gasteiger partial charge in [0.05, 0.1) is 5.52 Å². The van der Waals surface area contributed by atoms with Crippen LogP contribution in [0.4, 0.5) is 0 Å². The number of carbonyl (C=O) groups is 1. The summed E-state index contributed by atoms with van der Waals surface area (Å²) in [6.07, 6.45) is 1.05. The zero-order valence-corrected chi connectivity index (χ0v) is 7.32. The first-order valence-electron chi connectivity index (χ1n) is 4.18. The van der Waals surface area contributed by atoms with Crippen LogP contribution >= 0.6 is 0 Å². The van der Waals surface area contributed by atoms with Crippen LogP contribution in [0.25, 0.3) is 10.9 Å². The van der Waals surface area contributed by atoms with Crippen molar-refractivity contribution < 1.29 is 15.0 Å². The maximum Gasteiger partial charge on any atom is 0.143 e. The molecular weight excluding hydrogens is 182 g/mol. The molecule has 72 valence electrons. The molecule has 0 saturated heterocycles. The largest absolute Gasteiger partial charge is 0.508 e. The van der Waals surface area contributed by atoms with Gasteiger partial charge in [0.15, 0.2) is 0 Å². The molecule has 2 aromatic rings. The predicted molar refractivity (Wildman–Crippen MR) is 51.4 cm³/mol. The summed E-state index contributed by atoms with van der Waals surface area (Å²) >= 11 is 0. The maximum atomic E-state index is 10.3. The van der Waals surface area contributed by atoms with Gasteiger partial charge in [0, 0.05) is 23.6 Å². The van der Waals surface area contributed by atoms with Gasteiger partial charge in [-0.25, -0.2) is 0 Å². The van der Waals surface area contributed by atoms with E-state index in [2.05, 4.69) is 4.98 Å². The number of hydrogen-bond acceptors (Lipinski definition) is 3. The fourth-order valence-corrected chi connectivity index (χ4v) is 1.47. The molecule has 0 amide bonds. The molecule has 4 heteroatoms. The number of phenols is 2. The van der Waals surface area contributed by atoms with E-state index in [0.717, 1.165) is 12.0 Å². The molecule has 14 heavy (non-hydrogen) atoms. The minimum atomic E-state index is -0.0165. The van der Waals surface area contributed by atoms with Crippen LogP contribution in [0.1, 0.15) is 5.69 Å². The fraction of sp³-hybridized carbons (Fsp3) is 0.100. The van der Waals surface area contributed by atoms with E-state index in [9.17, 15) is 15.0 Å². The maximum absolute atomic E-state index is 10.3. The molecule has 0 saturated carbocycles. The van der Waals surface area contributed by atoms with Crippen molar-refractivity contribution in [3.63, 3.8) is 0 Å². The van der Waals surface area contributed by atoms with Gasteiger partial charge in [0.25, 0.3) is 0 Å². The van der Waals surface area contributed by atoms with Crippen molar-refractivity contribution in [2.45, 2.75) is 6.42 Å². The second kappa shape index (κ2) is 3.06. The zero-order chi connectivity index (χ0) is 10.1. The van der Waals surface area contributed by atoms with E-state index in [4.69, 9.17) is 0 Å². The van der Waals surface area contributed by atoms with E-state index >= 15 is 0 Å². The minimum absolute atomic E-state index is 0.00616. The third-order valence-electron chi connectivity index (χ3n) is 2.05. The lowest BCUT2D eigenvalue weighted by molar-refractivity contribution is -0.107. The molecule has 0 radical (unpaired) electrons. The number of nitrogens with one attached hydrogen (secondary N) is 1. The van der Waals surface area contributed by atoms with E-state index in [-0.39, 0.29) is 17.9 Å². The Morgan fingerprint density at radius 2 is 2.07 bits per heavy atom. The quantitative estimate of drug-likeness (QED) is 0.627. The number of phenolic OH excluding ortho intramolecular Hbond substituents is 2. The lowest BCUT2D eigenvalue weighted by Gasteiger charge is -1.95. The highest BCUT2D eigenvalue weighted by atomic mass is 16.3. The number of rotatable bonds is 2. The van der Waals surface area contributed by atoms with Crippen molar-refractivity contribution in [2.75, 3.05) is 0 Å². The molecule has 1 aromatic heterocycles. The first-order valence-corrected chi connectivity index (χ1v) is 4.18. The lowest BCUT2D eigenvalue weighted by Crippen LogP contribution is -1.83. The van der Waals surface area contributed by atoms with Gasteiger partial charge in [0.2, 0.25) is 0 Å². The summed E-state index contributed by atoms with van der Waals surface area (Å²) in [4.78, 5) is 13.2. The summed E-state index contributed by atoms with van der Waals surface area (Å²) in [6.45, 7) is 0. The zero-order valence-electron chi connectivity index (χ0n) is 7.32. The van der Waals surface area contributed by atoms with Crippen molar-refractivity contribution in [3.8, 4) is 11.5 Å². The minimum Gasteiger partial charge on any atom is -0.508 e. The van der Waals surface area contributed by atoms with Crippen LogP contribution in [0.2, 0.25) is 0 Å².